The molecule has 0 N–H and O–H groups in total. The smallest absolute Gasteiger partial charge is 0.141 e. The summed E-state index contributed by atoms with van der Waals surface area (Å²) >= 11 is 0. The van der Waals surface area contributed by atoms with E-state index in [1.54, 1.807) is 12.1 Å². The lowest BCUT2D eigenvalue weighted by Gasteiger charge is -2.27. The van der Waals surface area contributed by atoms with Crippen LogP contribution in [0.25, 0.3) is 11.1 Å². The Labute approximate surface area is 197 Å². The van der Waals surface area contributed by atoms with Gasteiger partial charge in [-0.3, -0.25) is 0 Å². The quantitative estimate of drug-likeness (QED) is 0.328. The van der Waals surface area contributed by atoms with Crippen molar-refractivity contribution in [2.45, 2.75) is 63.1 Å². The average molecular weight is 459 g/mol. The summed E-state index contributed by atoms with van der Waals surface area (Å²) in [5, 5.41) is 8.85. The van der Waals surface area contributed by atoms with E-state index in [1.807, 2.05) is 36.4 Å². The molecule has 0 spiro atoms. The van der Waals surface area contributed by atoms with E-state index in [0.29, 0.717) is 17.9 Å². The van der Waals surface area contributed by atoms with Crippen molar-refractivity contribution in [1.29, 1.82) is 5.26 Å². The first-order chi connectivity index (χ1) is 16.1. The summed E-state index contributed by atoms with van der Waals surface area (Å²) in [6.45, 7) is 2.28. The van der Waals surface area contributed by atoms with Gasteiger partial charge in [0.25, 0.3) is 0 Å². The molecular weight excluding hydrogens is 428 g/mol. The normalized spacial score (nSPS) is 14.8. The maximum absolute atomic E-state index is 15.0. The number of halogens is 2. The minimum atomic E-state index is -0.472. The van der Waals surface area contributed by atoms with Gasteiger partial charge >= 0.3 is 0 Å². The van der Waals surface area contributed by atoms with E-state index in [0.717, 1.165) is 28.7 Å². The molecule has 1 aliphatic rings. The second kappa shape index (κ2) is 10.9. The zero-order valence-electron chi connectivity index (χ0n) is 19.2. The Bertz CT molecular complexity index is 1130. The van der Waals surface area contributed by atoms with Crippen molar-refractivity contribution in [3.63, 3.8) is 0 Å². The molecule has 0 aliphatic carbocycles. The van der Waals surface area contributed by atoms with E-state index in [9.17, 15) is 4.39 Å². The van der Waals surface area contributed by atoms with Crippen LogP contribution in [0.5, 0.6) is 0 Å². The lowest BCUT2D eigenvalue weighted by molar-refractivity contribution is 0.589. The highest BCUT2D eigenvalue weighted by Crippen LogP contribution is 2.36. The monoisotopic (exact) mass is 458 g/mol. The number of aryl methyl sites for hydroxylation is 2. The summed E-state index contributed by atoms with van der Waals surface area (Å²) < 4.78 is 28.8. The lowest BCUT2D eigenvalue weighted by atomic mass is 9.91. The Kier molecular flexibility index (Phi) is 7.72. The SMILES string of the molecule is CCC[Si]1CCC(c2ccc(-c3ccc(CCc4ccc(C#N)c(F)c4)cc3)c(F)c2)CC1. The molecule has 0 aromatic heterocycles. The Hall–Kier alpha value is -2.77. The van der Waals surface area contributed by atoms with Gasteiger partial charge < -0.3 is 0 Å². The fourth-order valence-corrected chi connectivity index (χ4v) is 7.90. The van der Waals surface area contributed by atoms with Crippen LogP contribution in [0, 0.1) is 23.0 Å². The Balaban J connectivity index is 1.38. The van der Waals surface area contributed by atoms with Gasteiger partial charge in [0.05, 0.1) is 5.56 Å². The van der Waals surface area contributed by atoms with E-state index >= 15 is 4.39 Å². The standard InChI is InChI=1S/C29H30F2NSi/c1-2-15-33-16-13-23(14-17-33)25-11-12-27(29(31)19-25)24-8-5-21(6-9-24)3-4-22-7-10-26(20-32)28(30)18-22/h5-12,18-19,23H,2-4,13-17H2,1H3. The molecule has 1 aliphatic heterocycles. The van der Waals surface area contributed by atoms with Crippen LogP contribution in [0.2, 0.25) is 18.1 Å². The summed E-state index contributed by atoms with van der Waals surface area (Å²) in [7, 11) is -0.156. The zero-order valence-corrected chi connectivity index (χ0v) is 20.2. The van der Waals surface area contributed by atoms with Gasteiger partial charge in [-0.2, -0.15) is 5.26 Å². The number of benzene rings is 3. The fraction of sp³-hybridized carbons (Fsp3) is 0.345. The van der Waals surface area contributed by atoms with Gasteiger partial charge in [0.2, 0.25) is 0 Å². The van der Waals surface area contributed by atoms with E-state index in [-0.39, 0.29) is 20.2 Å². The molecule has 1 heterocycles. The van der Waals surface area contributed by atoms with Crippen LogP contribution in [0.1, 0.15) is 54.4 Å². The second-order valence-electron chi connectivity index (χ2n) is 9.14. The third kappa shape index (κ3) is 5.78. The van der Waals surface area contributed by atoms with E-state index in [1.165, 1.54) is 49.5 Å². The summed E-state index contributed by atoms with van der Waals surface area (Å²) in [4.78, 5) is 0. The predicted molar refractivity (Wildman–Crippen MR) is 133 cm³/mol. The highest BCUT2D eigenvalue weighted by Gasteiger charge is 2.23. The maximum Gasteiger partial charge on any atom is 0.141 e. The molecule has 4 heteroatoms. The number of hydrogen-bond donors (Lipinski definition) is 0. The van der Waals surface area contributed by atoms with Crippen molar-refractivity contribution in [1.82, 2.24) is 0 Å². The number of nitriles is 1. The van der Waals surface area contributed by atoms with Crippen molar-refractivity contribution in [2.75, 3.05) is 0 Å². The van der Waals surface area contributed by atoms with Crippen LogP contribution >= 0.6 is 0 Å². The molecule has 0 atom stereocenters. The van der Waals surface area contributed by atoms with E-state index < -0.39 is 5.82 Å². The van der Waals surface area contributed by atoms with Gasteiger partial charge in [-0.1, -0.05) is 73.9 Å². The van der Waals surface area contributed by atoms with Gasteiger partial charge in [0.15, 0.2) is 0 Å². The summed E-state index contributed by atoms with van der Waals surface area (Å²) in [5.74, 6) is -0.105. The third-order valence-electron chi connectivity index (χ3n) is 6.88. The first kappa shape index (κ1) is 23.4. The average Bonchev–Trinajstić information content (AvgIpc) is 2.84. The van der Waals surface area contributed by atoms with Crippen molar-refractivity contribution in [3.8, 4) is 17.2 Å². The molecule has 1 nitrogen and oxygen atoms in total. The van der Waals surface area contributed by atoms with Crippen LogP contribution < -0.4 is 0 Å². The van der Waals surface area contributed by atoms with Crippen LogP contribution in [0.15, 0.2) is 60.7 Å². The van der Waals surface area contributed by atoms with Crippen molar-refractivity contribution in [2.24, 2.45) is 0 Å². The summed E-state index contributed by atoms with van der Waals surface area (Å²) in [6, 6.07) is 24.5. The molecular formula is C29H30F2NSi. The van der Waals surface area contributed by atoms with Crippen LogP contribution in [-0.4, -0.2) is 8.80 Å². The lowest BCUT2D eigenvalue weighted by Crippen LogP contribution is -2.20. The predicted octanol–water partition coefficient (Wildman–Crippen LogP) is 8.07. The zero-order chi connectivity index (χ0) is 23.2. The van der Waals surface area contributed by atoms with Crippen LogP contribution in [0.3, 0.4) is 0 Å². The second-order valence-corrected chi connectivity index (χ2v) is 12.1. The molecule has 1 fully saturated rings. The molecule has 3 aromatic carbocycles. The van der Waals surface area contributed by atoms with Crippen molar-refractivity contribution < 1.29 is 8.78 Å². The first-order valence-electron chi connectivity index (χ1n) is 12.0. The van der Waals surface area contributed by atoms with Crippen LogP contribution in [0.4, 0.5) is 8.78 Å². The summed E-state index contributed by atoms with van der Waals surface area (Å²) in [5.41, 5.74) is 4.73. The molecule has 0 amide bonds. The number of hydrogen-bond acceptors (Lipinski definition) is 1. The molecule has 0 bridgehead atoms. The molecule has 0 saturated carbocycles. The molecule has 4 rings (SSSR count). The Morgan fingerprint density at radius 1 is 0.879 bits per heavy atom. The molecule has 3 aromatic rings. The maximum atomic E-state index is 15.0. The molecule has 33 heavy (non-hydrogen) atoms. The van der Waals surface area contributed by atoms with Crippen molar-refractivity contribution >= 4 is 8.80 Å². The first-order valence-corrected chi connectivity index (χ1v) is 14.1. The minimum Gasteiger partial charge on any atom is -0.206 e. The van der Waals surface area contributed by atoms with E-state index in [4.69, 9.17) is 5.26 Å². The highest BCUT2D eigenvalue weighted by atomic mass is 28.3. The topological polar surface area (TPSA) is 23.8 Å². The van der Waals surface area contributed by atoms with Gasteiger partial charge in [-0.25, -0.2) is 8.78 Å². The Morgan fingerprint density at radius 3 is 2.21 bits per heavy atom. The Morgan fingerprint density at radius 2 is 1.58 bits per heavy atom. The molecule has 0 unspecified atom stereocenters. The molecule has 169 valence electrons. The van der Waals surface area contributed by atoms with Gasteiger partial charge in [-0.15, -0.1) is 0 Å². The summed E-state index contributed by atoms with van der Waals surface area (Å²) in [6.07, 6.45) is 5.18. The third-order valence-corrected chi connectivity index (χ3v) is 10.1. The van der Waals surface area contributed by atoms with Crippen LogP contribution in [-0.2, 0) is 12.8 Å². The van der Waals surface area contributed by atoms with Gasteiger partial charge in [0.1, 0.15) is 17.7 Å². The fourth-order valence-electron chi connectivity index (χ4n) is 4.93. The largest absolute Gasteiger partial charge is 0.206 e. The number of nitrogens with zero attached hydrogens (tertiary/aromatic N) is 1. The van der Waals surface area contributed by atoms with Crippen molar-refractivity contribution in [3.05, 3.63) is 94.6 Å². The minimum absolute atomic E-state index is 0.0710. The molecule has 1 radical (unpaired) electrons. The molecule has 1 saturated heterocycles. The van der Waals surface area contributed by atoms with E-state index in [2.05, 4.69) is 13.0 Å². The number of rotatable bonds is 7. The van der Waals surface area contributed by atoms with Gasteiger partial charge in [-0.05, 0) is 72.1 Å². The van der Waals surface area contributed by atoms with Gasteiger partial charge in [0, 0.05) is 14.4 Å². The highest BCUT2D eigenvalue weighted by molar-refractivity contribution is 6.59.